The minimum absolute atomic E-state index is 0.0525. The van der Waals surface area contributed by atoms with Crippen LogP contribution in [0.3, 0.4) is 0 Å². The molecule has 0 radical (unpaired) electrons. The van der Waals surface area contributed by atoms with Crippen LogP contribution in [0, 0.1) is 5.92 Å². The number of hydrogen-bond acceptors (Lipinski definition) is 4. The monoisotopic (exact) mass is 388 g/mol. The molecule has 0 aromatic carbocycles. The molecular formula is C13H16F8O4. The Balaban J connectivity index is 3.54. The predicted octanol–water partition coefficient (Wildman–Crippen LogP) is 3.22. The highest BCUT2D eigenvalue weighted by atomic mass is 19.4. The van der Waals surface area contributed by atoms with E-state index in [1.807, 2.05) is 0 Å². The SMILES string of the molecule is CCC(C)C(=O)OC1C(F)(F)C(C)(CF)OC(O)(C(F)(F)F)C1(F)F. The largest absolute Gasteiger partial charge is 0.449 e. The summed E-state index contributed by atoms with van der Waals surface area (Å²) in [7, 11) is 0. The van der Waals surface area contributed by atoms with Crippen LogP contribution in [-0.4, -0.2) is 53.3 Å². The van der Waals surface area contributed by atoms with Gasteiger partial charge in [-0.3, -0.25) is 4.79 Å². The Bertz CT molecular complexity index is 523. The Labute approximate surface area is 137 Å². The fourth-order valence-electron chi connectivity index (χ4n) is 2.05. The molecule has 1 saturated heterocycles. The third-order valence-corrected chi connectivity index (χ3v) is 4.08. The molecule has 1 N–H and O–H groups in total. The smallest absolute Gasteiger partial charge is 0.449 e. The van der Waals surface area contributed by atoms with Crippen LogP contribution in [0.5, 0.6) is 0 Å². The summed E-state index contributed by atoms with van der Waals surface area (Å²) in [5, 5.41) is 9.33. The lowest BCUT2D eigenvalue weighted by Gasteiger charge is -2.53. The molecule has 4 atom stereocenters. The van der Waals surface area contributed by atoms with Crippen molar-refractivity contribution in [2.45, 2.75) is 62.7 Å². The van der Waals surface area contributed by atoms with Gasteiger partial charge in [-0.15, -0.1) is 0 Å². The van der Waals surface area contributed by atoms with Crippen LogP contribution in [-0.2, 0) is 14.3 Å². The number of carbonyl (C=O) groups is 1. The normalized spacial score (nSPS) is 35.9. The summed E-state index contributed by atoms with van der Waals surface area (Å²) in [4.78, 5) is 11.6. The topological polar surface area (TPSA) is 55.8 Å². The van der Waals surface area contributed by atoms with Gasteiger partial charge in [0.1, 0.15) is 6.67 Å². The van der Waals surface area contributed by atoms with Crippen molar-refractivity contribution in [2.24, 2.45) is 5.92 Å². The minimum Gasteiger partial charge on any atom is -0.449 e. The van der Waals surface area contributed by atoms with Crippen LogP contribution >= 0.6 is 0 Å². The third-order valence-electron chi connectivity index (χ3n) is 4.08. The second-order valence-corrected chi connectivity index (χ2v) is 5.98. The van der Waals surface area contributed by atoms with Crippen LogP contribution in [0.4, 0.5) is 35.1 Å². The average Bonchev–Trinajstić information content (AvgIpc) is 2.48. The standard InChI is InChI=1S/C13H16F8O4/c1-4-6(2)7(22)24-8-10(15,16)9(3,5-14)25-12(23,11(8,17)18)13(19,20)21/h6,8,23H,4-5H2,1-3H3. The van der Waals surface area contributed by atoms with E-state index < -0.39 is 54.1 Å². The van der Waals surface area contributed by atoms with Crippen molar-refractivity contribution < 1.29 is 54.5 Å². The van der Waals surface area contributed by atoms with Gasteiger partial charge in [0.15, 0.2) is 5.60 Å². The first-order valence-corrected chi connectivity index (χ1v) is 7.03. The summed E-state index contributed by atoms with van der Waals surface area (Å²) < 4.78 is 116. The number of aliphatic hydroxyl groups is 1. The van der Waals surface area contributed by atoms with Crippen LogP contribution in [0.25, 0.3) is 0 Å². The number of halogens is 8. The maximum absolute atomic E-state index is 14.3. The van der Waals surface area contributed by atoms with Crippen molar-refractivity contribution in [2.75, 3.05) is 6.67 Å². The molecule has 25 heavy (non-hydrogen) atoms. The Morgan fingerprint density at radius 1 is 1.24 bits per heavy atom. The zero-order valence-electron chi connectivity index (χ0n) is 13.3. The molecule has 0 aliphatic carbocycles. The molecule has 1 aliphatic rings. The fourth-order valence-corrected chi connectivity index (χ4v) is 2.05. The van der Waals surface area contributed by atoms with Crippen LogP contribution in [0.1, 0.15) is 27.2 Å². The van der Waals surface area contributed by atoms with Gasteiger partial charge in [-0.05, 0) is 13.3 Å². The first-order valence-electron chi connectivity index (χ1n) is 7.03. The molecule has 1 fully saturated rings. The van der Waals surface area contributed by atoms with Crippen LogP contribution in [0.2, 0.25) is 0 Å². The molecule has 12 heteroatoms. The number of ether oxygens (including phenoxy) is 2. The average molecular weight is 388 g/mol. The van der Waals surface area contributed by atoms with E-state index in [1.54, 1.807) is 0 Å². The lowest BCUT2D eigenvalue weighted by molar-refractivity contribution is -0.513. The van der Waals surface area contributed by atoms with E-state index in [-0.39, 0.29) is 13.3 Å². The maximum Gasteiger partial charge on any atom is 0.449 e. The van der Waals surface area contributed by atoms with Gasteiger partial charge in [0, 0.05) is 0 Å². The minimum atomic E-state index is -6.29. The number of carbonyl (C=O) groups excluding carboxylic acids is 1. The molecule has 1 rings (SSSR count). The van der Waals surface area contributed by atoms with Crippen molar-refractivity contribution in [3.05, 3.63) is 0 Å². The Morgan fingerprint density at radius 3 is 2.08 bits per heavy atom. The number of rotatable bonds is 4. The van der Waals surface area contributed by atoms with Crippen molar-refractivity contribution in [1.29, 1.82) is 0 Å². The Kier molecular flexibility index (Phi) is 5.44. The first kappa shape index (κ1) is 21.9. The van der Waals surface area contributed by atoms with Crippen molar-refractivity contribution in [3.63, 3.8) is 0 Å². The van der Waals surface area contributed by atoms with Gasteiger partial charge in [-0.1, -0.05) is 13.8 Å². The molecule has 0 amide bonds. The predicted molar refractivity (Wildman–Crippen MR) is 65.7 cm³/mol. The fraction of sp³-hybridized carbons (Fsp3) is 0.923. The third kappa shape index (κ3) is 3.07. The van der Waals surface area contributed by atoms with E-state index in [9.17, 15) is 45.0 Å². The summed E-state index contributed by atoms with van der Waals surface area (Å²) >= 11 is 0. The van der Waals surface area contributed by atoms with E-state index in [4.69, 9.17) is 0 Å². The van der Waals surface area contributed by atoms with E-state index in [0.29, 0.717) is 0 Å². The van der Waals surface area contributed by atoms with Gasteiger partial charge in [-0.2, -0.15) is 30.7 Å². The van der Waals surface area contributed by atoms with Crippen molar-refractivity contribution >= 4 is 5.97 Å². The summed E-state index contributed by atoms with van der Waals surface area (Å²) in [6.07, 6.45) is -10.4. The highest BCUT2D eigenvalue weighted by Gasteiger charge is 2.86. The molecule has 0 saturated carbocycles. The lowest BCUT2D eigenvalue weighted by Crippen LogP contribution is -2.80. The molecule has 0 aromatic heterocycles. The van der Waals surface area contributed by atoms with Gasteiger partial charge >= 0.3 is 29.8 Å². The summed E-state index contributed by atoms with van der Waals surface area (Å²) in [6, 6.07) is 0. The molecule has 1 aliphatic heterocycles. The molecule has 0 bridgehead atoms. The second-order valence-electron chi connectivity index (χ2n) is 5.98. The quantitative estimate of drug-likeness (QED) is 0.594. The van der Waals surface area contributed by atoms with E-state index in [1.165, 1.54) is 6.92 Å². The molecular weight excluding hydrogens is 372 g/mol. The number of esters is 1. The maximum atomic E-state index is 14.3. The van der Waals surface area contributed by atoms with Crippen LogP contribution in [0.15, 0.2) is 0 Å². The Hall–Kier alpha value is -1.17. The molecule has 148 valence electrons. The molecule has 4 unspecified atom stereocenters. The molecule has 0 aromatic rings. The zero-order valence-corrected chi connectivity index (χ0v) is 13.3. The first-order chi connectivity index (χ1) is 11.0. The summed E-state index contributed by atoms with van der Waals surface area (Å²) in [5.74, 6) is -19.2. The Morgan fingerprint density at radius 2 is 1.72 bits per heavy atom. The van der Waals surface area contributed by atoms with Gasteiger partial charge in [0.25, 0.3) is 0 Å². The van der Waals surface area contributed by atoms with Gasteiger partial charge < -0.3 is 14.6 Å². The highest BCUT2D eigenvalue weighted by molar-refractivity contribution is 5.72. The molecule has 0 spiro atoms. The van der Waals surface area contributed by atoms with Gasteiger partial charge in [-0.25, -0.2) is 4.39 Å². The highest BCUT2D eigenvalue weighted by Crippen LogP contribution is 2.58. The second kappa shape index (κ2) is 6.22. The van der Waals surface area contributed by atoms with Crippen molar-refractivity contribution in [3.8, 4) is 0 Å². The van der Waals surface area contributed by atoms with Gasteiger partial charge in [0.05, 0.1) is 5.92 Å². The summed E-state index contributed by atoms with van der Waals surface area (Å²) in [6.45, 7) is 0.154. The van der Waals surface area contributed by atoms with E-state index in [0.717, 1.165) is 6.92 Å². The lowest BCUT2D eigenvalue weighted by atomic mass is 9.82. The molecule has 4 nitrogen and oxygen atoms in total. The molecule has 1 heterocycles. The zero-order chi connectivity index (χ0) is 20.1. The van der Waals surface area contributed by atoms with Crippen molar-refractivity contribution in [1.82, 2.24) is 0 Å². The van der Waals surface area contributed by atoms with Gasteiger partial charge in [0.2, 0.25) is 6.10 Å². The number of hydrogen-bond donors (Lipinski definition) is 1. The van der Waals surface area contributed by atoms with E-state index >= 15 is 0 Å². The summed E-state index contributed by atoms with van der Waals surface area (Å²) in [5.41, 5.74) is -3.82. The van der Waals surface area contributed by atoms with Crippen LogP contribution < -0.4 is 0 Å². The van der Waals surface area contributed by atoms with E-state index in [2.05, 4.69) is 9.47 Å². The number of alkyl halides is 8.